The third-order valence-corrected chi connectivity index (χ3v) is 5.24. The standard InChI is InChI=1S/C21H20N4O2S/c1-2-24-20(27)17-11-6-7-12-18(17)23-21(24)28-15-19(26)25(14-8-13-22)16-9-4-3-5-10-16/h3-7,9-12H,2,8,14-15H2,1H3. The van der Waals surface area contributed by atoms with Gasteiger partial charge < -0.3 is 4.90 Å². The van der Waals surface area contributed by atoms with E-state index in [9.17, 15) is 9.59 Å². The molecule has 0 spiro atoms. The van der Waals surface area contributed by atoms with Crippen molar-refractivity contribution < 1.29 is 4.79 Å². The van der Waals surface area contributed by atoms with Crippen LogP contribution in [-0.2, 0) is 11.3 Å². The van der Waals surface area contributed by atoms with E-state index in [1.54, 1.807) is 21.6 Å². The molecule has 0 aliphatic heterocycles. The first-order chi connectivity index (χ1) is 13.7. The molecular weight excluding hydrogens is 372 g/mol. The van der Waals surface area contributed by atoms with Crippen LogP contribution < -0.4 is 10.5 Å². The summed E-state index contributed by atoms with van der Waals surface area (Å²) in [6.07, 6.45) is 0.249. The van der Waals surface area contributed by atoms with Gasteiger partial charge >= 0.3 is 0 Å². The molecule has 142 valence electrons. The van der Waals surface area contributed by atoms with Gasteiger partial charge in [0.05, 0.1) is 29.1 Å². The van der Waals surface area contributed by atoms with Crippen LogP contribution in [0.5, 0.6) is 0 Å². The molecule has 3 rings (SSSR count). The Bertz CT molecular complexity index is 1070. The maximum Gasteiger partial charge on any atom is 0.262 e. The van der Waals surface area contributed by atoms with Crippen molar-refractivity contribution in [3.8, 4) is 6.07 Å². The molecule has 7 heteroatoms. The quantitative estimate of drug-likeness (QED) is 0.454. The van der Waals surface area contributed by atoms with Gasteiger partial charge in [0.25, 0.3) is 5.56 Å². The zero-order valence-electron chi connectivity index (χ0n) is 15.5. The zero-order chi connectivity index (χ0) is 19.9. The molecule has 0 fully saturated rings. The Morgan fingerprint density at radius 1 is 1.18 bits per heavy atom. The van der Waals surface area contributed by atoms with Crippen molar-refractivity contribution in [2.24, 2.45) is 0 Å². The summed E-state index contributed by atoms with van der Waals surface area (Å²) >= 11 is 1.24. The monoisotopic (exact) mass is 392 g/mol. The number of carbonyl (C=O) groups excluding carboxylic acids is 1. The summed E-state index contributed by atoms with van der Waals surface area (Å²) in [7, 11) is 0. The van der Waals surface area contributed by atoms with Crippen LogP contribution in [0.3, 0.4) is 0 Å². The van der Waals surface area contributed by atoms with Crippen LogP contribution in [0.1, 0.15) is 13.3 Å². The lowest BCUT2D eigenvalue weighted by molar-refractivity contribution is -0.116. The van der Waals surface area contributed by atoms with E-state index >= 15 is 0 Å². The number of anilines is 1. The van der Waals surface area contributed by atoms with Crippen LogP contribution in [-0.4, -0.2) is 27.8 Å². The fraction of sp³-hybridized carbons (Fsp3) is 0.238. The highest BCUT2D eigenvalue weighted by atomic mass is 32.2. The van der Waals surface area contributed by atoms with E-state index in [0.29, 0.717) is 29.1 Å². The van der Waals surface area contributed by atoms with Crippen molar-refractivity contribution in [1.29, 1.82) is 5.26 Å². The molecule has 1 heterocycles. The number of nitriles is 1. The number of benzene rings is 2. The Kier molecular flexibility index (Phi) is 6.45. The van der Waals surface area contributed by atoms with Gasteiger partial charge in [0.1, 0.15) is 0 Å². The normalized spacial score (nSPS) is 10.6. The van der Waals surface area contributed by atoms with Crippen molar-refractivity contribution in [3.05, 3.63) is 65.0 Å². The lowest BCUT2D eigenvalue weighted by Crippen LogP contribution is -2.33. The van der Waals surface area contributed by atoms with E-state index in [0.717, 1.165) is 5.69 Å². The number of hydrogen-bond acceptors (Lipinski definition) is 5. The molecule has 0 saturated heterocycles. The van der Waals surface area contributed by atoms with Gasteiger partial charge in [-0.25, -0.2) is 4.98 Å². The summed E-state index contributed by atoms with van der Waals surface area (Å²) in [5, 5.41) is 10.0. The number of rotatable bonds is 7. The first kappa shape index (κ1) is 19.6. The van der Waals surface area contributed by atoms with Gasteiger partial charge in [-0.15, -0.1) is 0 Å². The summed E-state index contributed by atoms with van der Waals surface area (Å²) in [6.45, 7) is 2.68. The fourth-order valence-corrected chi connectivity index (χ4v) is 3.85. The summed E-state index contributed by atoms with van der Waals surface area (Å²) in [4.78, 5) is 31.7. The highest BCUT2D eigenvalue weighted by molar-refractivity contribution is 7.99. The number of carbonyl (C=O) groups is 1. The van der Waals surface area contributed by atoms with Crippen molar-refractivity contribution >= 4 is 34.3 Å². The van der Waals surface area contributed by atoms with Gasteiger partial charge in [-0.1, -0.05) is 42.1 Å². The van der Waals surface area contributed by atoms with Gasteiger partial charge in [0, 0.05) is 18.8 Å². The lowest BCUT2D eigenvalue weighted by Gasteiger charge is -2.21. The van der Waals surface area contributed by atoms with Crippen molar-refractivity contribution in [1.82, 2.24) is 9.55 Å². The molecule has 2 aromatic carbocycles. The molecular formula is C21H20N4O2S. The maximum absolute atomic E-state index is 12.9. The van der Waals surface area contributed by atoms with Gasteiger partial charge in [0.15, 0.2) is 5.16 Å². The second-order valence-electron chi connectivity index (χ2n) is 6.04. The number of amides is 1. The molecule has 0 aliphatic rings. The Labute approximate surface area is 167 Å². The highest BCUT2D eigenvalue weighted by Crippen LogP contribution is 2.21. The topological polar surface area (TPSA) is 79.0 Å². The van der Waals surface area contributed by atoms with E-state index in [4.69, 9.17) is 5.26 Å². The van der Waals surface area contributed by atoms with E-state index in [1.807, 2.05) is 49.4 Å². The van der Waals surface area contributed by atoms with Gasteiger partial charge in [0.2, 0.25) is 5.91 Å². The van der Waals surface area contributed by atoms with E-state index in [2.05, 4.69) is 11.1 Å². The minimum absolute atomic E-state index is 0.104. The molecule has 3 aromatic rings. The number of para-hydroxylation sites is 2. The minimum Gasteiger partial charge on any atom is -0.311 e. The van der Waals surface area contributed by atoms with E-state index in [-0.39, 0.29) is 23.6 Å². The van der Waals surface area contributed by atoms with Crippen LogP contribution in [0.15, 0.2) is 64.5 Å². The fourth-order valence-electron chi connectivity index (χ4n) is 2.91. The SMILES string of the molecule is CCn1c(SCC(=O)N(CCC#N)c2ccccc2)nc2ccccc2c1=O. The molecule has 0 bridgehead atoms. The Balaban J connectivity index is 1.85. The Hall–Kier alpha value is -3.11. The number of hydrogen-bond donors (Lipinski definition) is 0. The van der Waals surface area contributed by atoms with E-state index in [1.165, 1.54) is 11.8 Å². The summed E-state index contributed by atoms with van der Waals surface area (Å²) < 4.78 is 1.59. The van der Waals surface area contributed by atoms with Crippen molar-refractivity contribution in [2.45, 2.75) is 25.0 Å². The molecule has 0 saturated carbocycles. The minimum atomic E-state index is -0.128. The van der Waals surface area contributed by atoms with E-state index < -0.39 is 0 Å². The number of fused-ring (bicyclic) bond motifs is 1. The highest BCUT2D eigenvalue weighted by Gasteiger charge is 2.18. The Morgan fingerprint density at radius 2 is 1.89 bits per heavy atom. The third-order valence-electron chi connectivity index (χ3n) is 4.28. The second-order valence-corrected chi connectivity index (χ2v) is 6.98. The number of nitrogens with zero attached hydrogens (tertiary/aromatic N) is 4. The summed E-state index contributed by atoms with van der Waals surface area (Å²) in [5.74, 6) is 0.00183. The van der Waals surface area contributed by atoms with Gasteiger partial charge in [-0.2, -0.15) is 5.26 Å². The average molecular weight is 392 g/mol. The van der Waals surface area contributed by atoms with Crippen molar-refractivity contribution in [2.75, 3.05) is 17.2 Å². The maximum atomic E-state index is 12.9. The van der Waals surface area contributed by atoms with Crippen LogP contribution in [0.4, 0.5) is 5.69 Å². The predicted molar refractivity (Wildman–Crippen MR) is 111 cm³/mol. The van der Waals surface area contributed by atoms with Crippen LogP contribution in [0.2, 0.25) is 0 Å². The van der Waals surface area contributed by atoms with Crippen molar-refractivity contribution in [3.63, 3.8) is 0 Å². The average Bonchev–Trinajstić information content (AvgIpc) is 2.73. The predicted octanol–water partition coefficient (Wildman–Crippen LogP) is 3.46. The molecule has 0 unspecified atom stereocenters. The number of thioether (sulfide) groups is 1. The molecule has 28 heavy (non-hydrogen) atoms. The first-order valence-electron chi connectivity index (χ1n) is 9.00. The second kappa shape index (κ2) is 9.20. The summed E-state index contributed by atoms with van der Waals surface area (Å²) in [6, 6.07) is 18.6. The van der Waals surface area contributed by atoms with Crippen LogP contribution >= 0.6 is 11.8 Å². The number of aromatic nitrogens is 2. The molecule has 0 radical (unpaired) electrons. The molecule has 6 nitrogen and oxygen atoms in total. The van der Waals surface area contributed by atoms with Gasteiger partial charge in [-0.3, -0.25) is 14.2 Å². The van der Waals surface area contributed by atoms with Crippen LogP contribution in [0, 0.1) is 11.3 Å². The Morgan fingerprint density at radius 3 is 2.61 bits per heavy atom. The lowest BCUT2D eigenvalue weighted by atomic mass is 10.2. The summed E-state index contributed by atoms with van der Waals surface area (Å²) in [5.41, 5.74) is 1.27. The molecule has 0 N–H and O–H groups in total. The van der Waals surface area contributed by atoms with Crippen LogP contribution in [0.25, 0.3) is 10.9 Å². The first-order valence-corrected chi connectivity index (χ1v) is 9.99. The zero-order valence-corrected chi connectivity index (χ0v) is 16.4. The smallest absolute Gasteiger partial charge is 0.262 e. The molecule has 1 amide bonds. The third kappa shape index (κ3) is 4.24. The molecule has 0 aliphatic carbocycles. The van der Waals surface area contributed by atoms with Gasteiger partial charge in [-0.05, 0) is 31.2 Å². The molecule has 0 atom stereocenters. The molecule has 1 aromatic heterocycles. The largest absolute Gasteiger partial charge is 0.311 e.